The number of aryl methyl sites for hydroxylation is 2. The summed E-state index contributed by atoms with van der Waals surface area (Å²) in [7, 11) is -3.84. The Morgan fingerprint density at radius 2 is 2.00 bits per heavy atom. The molecule has 7 nitrogen and oxygen atoms in total. The van der Waals surface area contributed by atoms with Gasteiger partial charge in [0.25, 0.3) is 0 Å². The third-order valence-corrected chi connectivity index (χ3v) is 4.74. The van der Waals surface area contributed by atoms with Crippen molar-refractivity contribution in [1.29, 1.82) is 0 Å². The number of amides is 1. The predicted molar refractivity (Wildman–Crippen MR) is 76.7 cm³/mol. The molecule has 0 aliphatic carbocycles. The Morgan fingerprint density at radius 3 is 2.48 bits per heavy atom. The van der Waals surface area contributed by atoms with Gasteiger partial charge >= 0.3 is 5.97 Å². The molecule has 114 valence electrons. The van der Waals surface area contributed by atoms with Crippen LogP contribution in [0.2, 0.25) is 0 Å². The fourth-order valence-corrected chi connectivity index (χ4v) is 3.32. The van der Waals surface area contributed by atoms with E-state index in [4.69, 9.17) is 5.14 Å². The van der Waals surface area contributed by atoms with E-state index in [1.165, 1.54) is 11.0 Å². The van der Waals surface area contributed by atoms with Crippen molar-refractivity contribution in [3.8, 4) is 0 Å². The van der Waals surface area contributed by atoms with Gasteiger partial charge < -0.3 is 10.0 Å². The van der Waals surface area contributed by atoms with Crippen molar-refractivity contribution in [2.45, 2.75) is 25.5 Å². The Labute approximate surface area is 122 Å². The Bertz CT molecular complexity index is 726. The zero-order chi connectivity index (χ0) is 15.9. The van der Waals surface area contributed by atoms with Gasteiger partial charge in [-0.05, 0) is 31.0 Å². The maximum atomic E-state index is 12.1. The van der Waals surface area contributed by atoms with Gasteiger partial charge in [-0.25, -0.2) is 18.4 Å². The summed E-state index contributed by atoms with van der Waals surface area (Å²) in [6.45, 7) is 3.32. The molecule has 0 bridgehead atoms. The number of carbonyl (C=O) groups is 2. The van der Waals surface area contributed by atoms with Gasteiger partial charge in [0.1, 0.15) is 5.25 Å². The molecule has 1 aromatic carbocycles. The number of hydrogen-bond acceptors (Lipinski definition) is 4. The topological polar surface area (TPSA) is 118 Å². The highest BCUT2D eigenvalue weighted by molar-refractivity contribution is 7.89. The third kappa shape index (κ3) is 2.91. The predicted octanol–water partition coefficient (Wildman–Crippen LogP) is 0.395. The Balaban J connectivity index is 2.53. The summed E-state index contributed by atoms with van der Waals surface area (Å²) in [5.74, 6) is -1.60. The van der Waals surface area contributed by atoms with Gasteiger partial charge in [0.2, 0.25) is 15.9 Å². The van der Waals surface area contributed by atoms with Gasteiger partial charge in [0.15, 0.2) is 0 Å². The maximum Gasteiger partial charge on any atom is 0.337 e. The van der Waals surface area contributed by atoms with Gasteiger partial charge in [-0.3, -0.25) is 4.79 Å². The van der Waals surface area contributed by atoms with E-state index < -0.39 is 27.1 Å². The molecule has 1 saturated heterocycles. The minimum atomic E-state index is -3.84. The molecule has 1 unspecified atom stereocenters. The molecular weight excluding hydrogens is 296 g/mol. The van der Waals surface area contributed by atoms with Gasteiger partial charge in [-0.15, -0.1) is 0 Å². The molecule has 1 fully saturated rings. The SMILES string of the molecule is Cc1cc(C)c(N2CC(S(N)(=O)=O)CC2=O)c(C(=O)O)c1. The van der Waals surface area contributed by atoms with Gasteiger partial charge in [-0.1, -0.05) is 6.07 Å². The molecule has 3 N–H and O–H groups in total. The molecule has 1 aliphatic heterocycles. The molecule has 1 amide bonds. The molecule has 1 aliphatic rings. The second-order valence-corrected chi connectivity index (χ2v) is 7.05. The van der Waals surface area contributed by atoms with Crippen LogP contribution >= 0.6 is 0 Å². The minimum absolute atomic E-state index is 0.0177. The molecule has 1 atom stereocenters. The summed E-state index contributed by atoms with van der Waals surface area (Å²) in [6.07, 6.45) is -0.231. The van der Waals surface area contributed by atoms with Crippen molar-refractivity contribution < 1.29 is 23.1 Å². The number of nitrogens with two attached hydrogens (primary N) is 1. The molecule has 0 radical (unpaired) electrons. The van der Waals surface area contributed by atoms with E-state index in [1.54, 1.807) is 19.9 Å². The minimum Gasteiger partial charge on any atom is -0.478 e. The van der Waals surface area contributed by atoms with Crippen molar-refractivity contribution in [3.63, 3.8) is 0 Å². The third-order valence-electron chi connectivity index (χ3n) is 3.50. The maximum absolute atomic E-state index is 12.1. The Morgan fingerprint density at radius 1 is 1.38 bits per heavy atom. The average molecular weight is 312 g/mol. The number of anilines is 1. The summed E-state index contributed by atoms with van der Waals surface area (Å²) in [5.41, 5.74) is 1.58. The van der Waals surface area contributed by atoms with E-state index in [0.29, 0.717) is 5.56 Å². The summed E-state index contributed by atoms with van der Waals surface area (Å²) < 4.78 is 22.8. The lowest BCUT2D eigenvalue weighted by Crippen LogP contribution is -2.33. The molecule has 21 heavy (non-hydrogen) atoms. The number of primary sulfonamides is 1. The lowest BCUT2D eigenvalue weighted by Gasteiger charge is -2.21. The van der Waals surface area contributed by atoms with E-state index in [1.807, 2.05) is 0 Å². The molecule has 1 aromatic rings. The molecule has 1 heterocycles. The summed E-state index contributed by atoms with van der Waals surface area (Å²) in [4.78, 5) is 24.6. The zero-order valence-corrected chi connectivity index (χ0v) is 12.5. The number of carboxylic acid groups (broad SMARTS) is 1. The van der Waals surface area contributed by atoms with Crippen LogP contribution in [-0.2, 0) is 14.8 Å². The van der Waals surface area contributed by atoms with Crippen molar-refractivity contribution in [3.05, 3.63) is 28.8 Å². The standard InChI is InChI=1S/C13H16N2O5S/c1-7-3-8(2)12(10(4-7)13(17)18)15-6-9(5-11(15)16)21(14,19)20/h3-4,9H,5-6H2,1-2H3,(H,17,18)(H2,14,19,20). The fourth-order valence-electron chi connectivity index (χ4n) is 2.59. The number of rotatable bonds is 3. The molecule has 0 aromatic heterocycles. The van der Waals surface area contributed by atoms with Crippen LogP contribution in [-0.4, -0.2) is 37.2 Å². The highest BCUT2D eigenvalue weighted by atomic mass is 32.2. The summed E-state index contributed by atoms with van der Waals surface area (Å²) in [6, 6.07) is 3.21. The lowest BCUT2D eigenvalue weighted by atomic mass is 10.0. The van der Waals surface area contributed by atoms with Crippen LogP contribution in [0.1, 0.15) is 27.9 Å². The fraction of sp³-hybridized carbons (Fsp3) is 0.385. The van der Waals surface area contributed by atoms with Crippen molar-refractivity contribution in [2.24, 2.45) is 5.14 Å². The van der Waals surface area contributed by atoms with Crippen LogP contribution in [0, 0.1) is 13.8 Å². The van der Waals surface area contributed by atoms with E-state index in [2.05, 4.69) is 0 Å². The van der Waals surface area contributed by atoms with Crippen LogP contribution in [0.3, 0.4) is 0 Å². The largest absolute Gasteiger partial charge is 0.478 e. The van der Waals surface area contributed by atoms with Crippen molar-refractivity contribution >= 4 is 27.6 Å². The highest BCUT2D eigenvalue weighted by Crippen LogP contribution is 2.31. The van der Waals surface area contributed by atoms with Crippen LogP contribution < -0.4 is 10.0 Å². The quantitative estimate of drug-likeness (QED) is 0.837. The first-order valence-corrected chi connectivity index (χ1v) is 7.88. The lowest BCUT2D eigenvalue weighted by molar-refractivity contribution is -0.117. The number of aromatic carboxylic acids is 1. The number of nitrogens with zero attached hydrogens (tertiary/aromatic N) is 1. The summed E-state index contributed by atoms with van der Waals surface area (Å²) in [5, 5.41) is 13.4. The van der Waals surface area contributed by atoms with E-state index in [-0.39, 0.29) is 24.2 Å². The first-order chi connectivity index (χ1) is 9.61. The van der Waals surface area contributed by atoms with E-state index >= 15 is 0 Å². The van der Waals surface area contributed by atoms with Gasteiger partial charge in [-0.2, -0.15) is 0 Å². The second kappa shape index (κ2) is 5.12. The first kappa shape index (κ1) is 15.5. The van der Waals surface area contributed by atoms with E-state index in [9.17, 15) is 23.1 Å². The Kier molecular flexibility index (Phi) is 3.77. The molecule has 0 spiro atoms. The van der Waals surface area contributed by atoms with Crippen LogP contribution in [0.25, 0.3) is 0 Å². The average Bonchev–Trinajstić information content (AvgIpc) is 2.70. The highest BCUT2D eigenvalue weighted by Gasteiger charge is 2.39. The zero-order valence-electron chi connectivity index (χ0n) is 11.7. The van der Waals surface area contributed by atoms with Gasteiger partial charge in [0, 0.05) is 13.0 Å². The smallest absolute Gasteiger partial charge is 0.337 e. The van der Waals surface area contributed by atoms with Crippen LogP contribution in [0.4, 0.5) is 5.69 Å². The summed E-state index contributed by atoms with van der Waals surface area (Å²) >= 11 is 0. The van der Waals surface area contributed by atoms with Crippen LogP contribution in [0.15, 0.2) is 12.1 Å². The van der Waals surface area contributed by atoms with E-state index in [0.717, 1.165) is 5.56 Å². The number of hydrogen-bond donors (Lipinski definition) is 2. The molecule has 8 heteroatoms. The number of sulfonamides is 1. The first-order valence-electron chi connectivity index (χ1n) is 6.27. The second-order valence-electron chi connectivity index (χ2n) is 5.20. The monoisotopic (exact) mass is 312 g/mol. The number of benzene rings is 1. The number of carbonyl (C=O) groups excluding carboxylic acids is 1. The Hall–Kier alpha value is -1.93. The van der Waals surface area contributed by atoms with Crippen LogP contribution in [0.5, 0.6) is 0 Å². The molecule has 2 rings (SSSR count). The number of carboxylic acids is 1. The van der Waals surface area contributed by atoms with Crippen molar-refractivity contribution in [1.82, 2.24) is 0 Å². The normalized spacial score (nSPS) is 19.1. The molecular formula is C13H16N2O5S. The van der Waals surface area contributed by atoms with Crippen molar-refractivity contribution in [2.75, 3.05) is 11.4 Å². The molecule has 0 saturated carbocycles. The van der Waals surface area contributed by atoms with Gasteiger partial charge in [0.05, 0.1) is 11.3 Å².